The van der Waals surface area contributed by atoms with Crippen molar-refractivity contribution in [2.45, 2.75) is 57.5 Å². The number of carboxylic acid groups (broad SMARTS) is 1. The van der Waals surface area contributed by atoms with Crippen molar-refractivity contribution >= 4 is 17.6 Å². The Morgan fingerprint density at radius 3 is 2.87 bits per heavy atom. The molecule has 1 saturated heterocycles. The number of nitrogens with one attached hydrogen (secondary N) is 2. The molecule has 0 spiro atoms. The maximum atomic E-state index is 11.7. The van der Waals surface area contributed by atoms with Gasteiger partial charge in [0.15, 0.2) is 0 Å². The minimum absolute atomic E-state index is 0.0598. The van der Waals surface area contributed by atoms with Crippen molar-refractivity contribution in [1.82, 2.24) is 10.6 Å². The lowest BCUT2D eigenvalue weighted by Crippen LogP contribution is -2.29. The fraction of sp³-hybridized carbons (Fsp3) is 0.812. The molecule has 3 N–H and O–H groups in total. The number of carboxylic acids is 1. The largest absolute Gasteiger partial charge is 0.481 e. The zero-order valence-electron chi connectivity index (χ0n) is 13.6. The first kappa shape index (κ1) is 17.7. The number of oxime groups is 1. The van der Waals surface area contributed by atoms with Crippen molar-refractivity contribution in [3.05, 3.63) is 0 Å². The summed E-state index contributed by atoms with van der Waals surface area (Å²) < 4.78 is 0. The van der Waals surface area contributed by atoms with Crippen LogP contribution in [-0.2, 0) is 14.4 Å². The highest BCUT2D eigenvalue weighted by Gasteiger charge is 2.23. The minimum atomic E-state index is -0.915. The molecule has 0 aromatic carbocycles. The SMILES string of the molecule is O=C(O)CCNC(=O)CC1CC(CCCC2CCNCC2)=NO1. The van der Waals surface area contributed by atoms with Gasteiger partial charge in [-0.15, -0.1) is 0 Å². The molecule has 2 heterocycles. The predicted molar refractivity (Wildman–Crippen MR) is 86.2 cm³/mol. The quantitative estimate of drug-likeness (QED) is 0.593. The Balaban J connectivity index is 1.54. The first-order valence-corrected chi connectivity index (χ1v) is 8.54. The second-order valence-corrected chi connectivity index (χ2v) is 6.37. The van der Waals surface area contributed by atoms with E-state index in [9.17, 15) is 9.59 Å². The van der Waals surface area contributed by atoms with Crippen LogP contribution in [0.5, 0.6) is 0 Å². The Morgan fingerprint density at radius 1 is 1.35 bits per heavy atom. The number of piperidine rings is 1. The van der Waals surface area contributed by atoms with E-state index in [0.29, 0.717) is 6.42 Å². The molecule has 2 aliphatic rings. The molecule has 1 amide bonds. The summed E-state index contributed by atoms with van der Waals surface area (Å²) in [4.78, 5) is 27.4. The Bertz CT molecular complexity index is 433. The highest BCUT2D eigenvalue weighted by Crippen LogP contribution is 2.22. The van der Waals surface area contributed by atoms with Crippen molar-refractivity contribution in [2.75, 3.05) is 19.6 Å². The average molecular weight is 325 g/mol. The molecule has 23 heavy (non-hydrogen) atoms. The topological polar surface area (TPSA) is 100 Å². The summed E-state index contributed by atoms with van der Waals surface area (Å²) in [6.07, 6.45) is 6.53. The van der Waals surface area contributed by atoms with Crippen LogP contribution in [0.1, 0.15) is 51.4 Å². The average Bonchev–Trinajstić information content (AvgIpc) is 2.95. The molecule has 0 bridgehead atoms. The van der Waals surface area contributed by atoms with Gasteiger partial charge in [0.1, 0.15) is 6.10 Å². The summed E-state index contributed by atoms with van der Waals surface area (Å²) in [6.45, 7) is 2.42. The molecule has 0 aromatic heterocycles. The minimum Gasteiger partial charge on any atom is -0.481 e. The summed E-state index contributed by atoms with van der Waals surface area (Å²) in [7, 11) is 0. The molecule has 1 fully saturated rings. The van der Waals surface area contributed by atoms with Gasteiger partial charge in [0.2, 0.25) is 5.91 Å². The third-order valence-corrected chi connectivity index (χ3v) is 4.40. The standard InChI is InChI=1S/C16H27N3O4/c20-15(18-9-6-16(21)22)11-14-10-13(19-23-14)3-1-2-12-4-7-17-8-5-12/h12,14,17H,1-11H2,(H,18,20)(H,21,22). The molecule has 7 nitrogen and oxygen atoms in total. The Morgan fingerprint density at radius 2 is 2.13 bits per heavy atom. The van der Waals surface area contributed by atoms with Gasteiger partial charge in [0.25, 0.3) is 0 Å². The number of carbonyl (C=O) groups is 2. The monoisotopic (exact) mass is 325 g/mol. The van der Waals surface area contributed by atoms with E-state index in [4.69, 9.17) is 9.94 Å². The summed E-state index contributed by atoms with van der Waals surface area (Å²) in [5.41, 5.74) is 1.04. The van der Waals surface area contributed by atoms with E-state index in [2.05, 4.69) is 15.8 Å². The van der Waals surface area contributed by atoms with Gasteiger partial charge in [-0.1, -0.05) is 5.16 Å². The summed E-state index contributed by atoms with van der Waals surface area (Å²) in [5.74, 6) is -0.265. The van der Waals surface area contributed by atoms with E-state index < -0.39 is 5.97 Å². The first-order valence-electron chi connectivity index (χ1n) is 8.54. The van der Waals surface area contributed by atoms with Gasteiger partial charge in [-0.05, 0) is 51.1 Å². The van der Waals surface area contributed by atoms with E-state index in [0.717, 1.165) is 37.6 Å². The van der Waals surface area contributed by atoms with Gasteiger partial charge >= 0.3 is 5.97 Å². The van der Waals surface area contributed by atoms with E-state index in [1.165, 1.54) is 19.3 Å². The number of amides is 1. The maximum Gasteiger partial charge on any atom is 0.305 e. The van der Waals surface area contributed by atoms with E-state index >= 15 is 0 Å². The third kappa shape index (κ3) is 6.99. The van der Waals surface area contributed by atoms with Crippen LogP contribution in [0.2, 0.25) is 0 Å². The summed E-state index contributed by atoms with van der Waals surface area (Å²) >= 11 is 0. The predicted octanol–water partition coefficient (Wildman–Crippen LogP) is 1.28. The molecule has 2 rings (SSSR count). The van der Waals surface area contributed by atoms with Gasteiger partial charge in [-0.3, -0.25) is 9.59 Å². The van der Waals surface area contributed by atoms with E-state index in [1.54, 1.807) is 0 Å². The van der Waals surface area contributed by atoms with Gasteiger partial charge < -0.3 is 20.6 Å². The second-order valence-electron chi connectivity index (χ2n) is 6.37. The van der Waals surface area contributed by atoms with Crippen LogP contribution in [0, 0.1) is 5.92 Å². The highest BCUT2D eigenvalue weighted by atomic mass is 16.6. The normalized spacial score (nSPS) is 21.6. The van der Waals surface area contributed by atoms with Crippen LogP contribution < -0.4 is 10.6 Å². The number of rotatable bonds is 9. The van der Waals surface area contributed by atoms with Crippen LogP contribution in [0.15, 0.2) is 5.16 Å². The Hall–Kier alpha value is -1.63. The van der Waals surface area contributed by atoms with Crippen molar-refractivity contribution in [1.29, 1.82) is 0 Å². The number of carbonyl (C=O) groups excluding carboxylic acids is 1. The lowest BCUT2D eigenvalue weighted by molar-refractivity contribution is -0.136. The number of hydrogen-bond acceptors (Lipinski definition) is 5. The van der Waals surface area contributed by atoms with Gasteiger partial charge in [0.05, 0.1) is 18.6 Å². The fourth-order valence-corrected chi connectivity index (χ4v) is 3.10. The molecule has 0 saturated carbocycles. The zero-order valence-corrected chi connectivity index (χ0v) is 13.6. The van der Waals surface area contributed by atoms with E-state index in [-0.39, 0.29) is 31.4 Å². The molecule has 1 atom stereocenters. The number of nitrogens with zero attached hydrogens (tertiary/aromatic N) is 1. The van der Waals surface area contributed by atoms with Crippen LogP contribution in [0.4, 0.5) is 0 Å². The van der Waals surface area contributed by atoms with Gasteiger partial charge in [0, 0.05) is 13.0 Å². The zero-order chi connectivity index (χ0) is 16.5. The molecule has 7 heteroatoms. The van der Waals surface area contributed by atoms with Crippen molar-refractivity contribution in [2.24, 2.45) is 11.1 Å². The number of hydrogen-bond donors (Lipinski definition) is 3. The maximum absolute atomic E-state index is 11.7. The van der Waals surface area contributed by atoms with Crippen molar-refractivity contribution < 1.29 is 19.5 Å². The molecule has 0 radical (unpaired) electrons. The summed E-state index contributed by atoms with van der Waals surface area (Å²) in [5, 5.41) is 18.6. The van der Waals surface area contributed by atoms with Gasteiger partial charge in [-0.2, -0.15) is 0 Å². The third-order valence-electron chi connectivity index (χ3n) is 4.40. The highest BCUT2D eigenvalue weighted by molar-refractivity contribution is 5.86. The Labute approximate surface area is 136 Å². The second kappa shape index (κ2) is 9.50. The number of aliphatic carboxylic acids is 1. The van der Waals surface area contributed by atoms with E-state index in [1.807, 2.05) is 0 Å². The van der Waals surface area contributed by atoms with Crippen LogP contribution in [0.3, 0.4) is 0 Å². The smallest absolute Gasteiger partial charge is 0.305 e. The van der Waals surface area contributed by atoms with Crippen LogP contribution in [-0.4, -0.2) is 48.4 Å². The summed E-state index contributed by atoms with van der Waals surface area (Å²) in [6, 6.07) is 0. The van der Waals surface area contributed by atoms with Crippen molar-refractivity contribution in [3.63, 3.8) is 0 Å². The molecule has 1 unspecified atom stereocenters. The van der Waals surface area contributed by atoms with Crippen LogP contribution >= 0.6 is 0 Å². The molecular formula is C16H27N3O4. The lowest BCUT2D eigenvalue weighted by Gasteiger charge is -2.22. The first-order chi connectivity index (χ1) is 11.1. The molecule has 0 aromatic rings. The molecular weight excluding hydrogens is 298 g/mol. The van der Waals surface area contributed by atoms with Gasteiger partial charge in [-0.25, -0.2) is 0 Å². The molecule has 2 aliphatic heterocycles. The fourth-order valence-electron chi connectivity index (χ4n) is 3.10. The lowest BCUT2D eigenvalue weighted by atomic mass is 9.91. The molecule has 130 valence electrons. The molecule has 0 aliphatic carbocycles. The van der Waals surface area contributed by atoms with Crippen LogP contribution in [0.25, 0.3) is 0 Å². The van der Waals surface area contributed by atoms with Crippen molar-refractivity contribution in [3.8, 4) is 0 Å². The Kier molecular flexibility index (Phi) is 7.32.